The molecule has 1 aliphatic carbocycles. The number of sulfonamides is 1. The fraction of sp³-hybridized carbons (Fsp3) is 0.455. The van der Waals surface area contributed by atoms with Crippen molar-refractivity contribution in [1.29, 1.82) is 0 Å². The molecule has 9 heteroatoms. The zero-order valence-electron chi connectivity index (χ0n) is 17.5. The number of carbonyl (C=O) groups excluding carboxylic acids is 2. The minimum Gasteiger partial charge on any atom is -0.466 e. The van der Waals surface area contributed by atoms with Crippen LogP contribution in [0.5, 0.6) is 0 Å². The van der Waals surface area contributed by atoms with Gasteiger partial charge in [0.05, 0.1) is 4.90 Å². The molecule has 2 aromatic rings. The van der Waals surface area contributed by atoms with E-state index in [1.54, 1.807) is 0 Å². The minimum absolute atomic E-state index is 0.0759. The van der Waals surface area contributed by atoms with Gasteiger partial charge >= 0.3 is 0 Å². The van der Waals surface area contributed by atoms with Crippen LogP contribution >= 0.6 is 0 Å². The molecule has 2 N–H and O–H groups in total. The highest BCUT2D eigenvalue weighted by molar-refractivity contribution is 7.89. The van der Waals surface area contributed by atoms with Crippen molar-refractivity contribution in [2.45, 2.75) is 49.8 Å². The summed E-state index contributed by atoms with van der Waals surface area (Å²) >= 11 is 0. The second kappa shape index (κ2) is 8.84. The molecule has 2 heterocycles. The maximum atomic E-state index is 12.7. The molecule has 0 radical (unpaired) electrons. The molecular weight excluding hydrogens is 418 g/mol. The monoisotopic (exact) mass is 445 g/mol. The van der Waals surface area contributed by atoms with Crippen molar-refractivity contribution in [1.82, 2.24) is 15.2 Å². The van der Waals surface area contributed by atoms with Gasteiger partial charge in [-0.25, -0.2) is 8.42 Å². The Kier molecular flexibility index (Phi) is 6.15. The Labute approximate surface area is 182 Å². The van der Waals surface area contributed by atoms with Crippen LogP contribution in [-0.4, -0.2) is 37.6 Å². The fourth-order valence-electron chi connectivity index (χ4n) is 3.82. The second-order valence-electron chi connectivity index (χ2n) is 8.26. The molecule has 0 bridgehead atoms. The molecule has 31 heavy (non-hydrogen) atoms. The molecule has 4 rings (SSSR count). The number of hydrazine groups is 1. The molecule has 1 aliphatic heterocycles. The SMILES string of the molecule is CC1CC1c1ccc(CCC(=O)NNC(=O)c2cccc(S(=O)(=O)N3CCCC3)c2)o1. The second-order valence-corrected chi connectivity index (χ2v) is 10.2. The third kappa shape index (κ3) is 4.99. The summed E-state index contributed by atoms with van der Waals surface area (Å²) in [6.07, 6.45) is 3.41. The highest BCUT2D eigenvalue weighted by Crippen LogP contribution is 2.47. The van der Waals surface area contributed by atoms with E-state index >= 15 is 0 Å². The van der Waals surface area contributed by atoms with Crippen molar-refractivity contribution in [3.05, 3.63) is 53.5 Å². The molecule has 0 spiro atoms. The smallest absolute Gasteiger partial charge is 0.269 e. The van der Waals surface area contributed by atoms with Gasteiger partial charge in [0.2, 0.25) is 15.9 Å². The van der Waals surface area contributed by atoms with Gasteiger partial charge < -0.3 is 4.42 Å². The highest BCUT2D eigenvalue weighted by Gasteiger charge is 2.36. The first-order valence-corrected chi connectivity index (χ1v) is 12.1. The van der Waals surface area contributed by atoms with Gasteiger partial charge in [0.1, 0.15) is 11.5 Å². The average molecular weight is 446 g/mol. The largest absolute Gasteiger partial charge is 0.466 e. The van der Waals surface area contributed by atoms with Gasteiger partial charge in [-0.3, -0.25) is 20.4 Å². The minimum atomic E-state index is -3.61. The Balaban J connectivity index is 1.28. The molecular formula is C22H27N3O5S. The molecule has 8 nitrogen and oxygen atoms in total. The Hall–Kier alpha value is -2.65. The van der Waals surface area contributed by atoms with Crippen LogP contribution in [0.25, 0.3) is 0 Å². The summed E-state index contributed by atoms with van der Waals surface area (Å²) in [4.78, 5) is 24.6. The summed E-state index contributed by atoms with van der Waals surface area (Å²) in [5.74, 6) is 1.94. The van der Waals surface area contributed by atoms with E-state index in [4.69, 9.17) is 4.42 Å². The third-order valence-corrected chi connectivity index (χ3v) is 7.76. The van der Waals surface area contributed by atoms with Gasteiger partial charge in [0.15, 0.2) is 0 Å². The number of amides is 2. The number of carbonyl (C=O) groups is 2. The first kappa shape index (κ1) is 21.6. The van der Waals surface area contributed by atoms with Crippen molar-refractivity contribution in [2.75, 3.05) is 13.1 Å². The number of furan rings is 1. The Morgan fingerprint density at radius 3 is 2.58 bits per heavy atom. The molecule has 1 saturated carbocycles. The number of benzene rings is 1. The van der Waals surface area contributed by atoms with Crippen LogP contribution in [0.15, 0.2) is 45.7 Å². The number of hydrogen-bond acceptors (Lipinski definition) is 5. The van der Waals surface area contributed by atoms with E-state index in [-0.39, 0.29) is 22.8 Å². The summed E-state index contributed by atoms with van der Waals surface area (Å²) in [6, 6.07) is 9.69. The molecule has 2 unspecified atom stereocenters. The van der Waals surface area contributed by atoms with E-state index in [9.17, 15) is 18.0 Å². The van der Waals surface area contributed by atoms with Crippen LogP contribution in [0.3, 0.4) is 0 Å². The van der Waals surface area contributed by atoms with E-state index in [1.165, 1.54) is 28.6 Å². The summed E-state index contributed by atoms with van der Waals surface area (Å²) in [5, 5.41) is 0. The maximum Gasteiger partial charge on any atom is 0.269 e. The van der Waals surface area contributed by atoms with E-state index in [0.29, 0.717) is 31.3 Å². The highest BCUT2D eigenvalue weighted by atomic mass is 32.2. The molecule has 166 valence electrons. The lowest BCUT2D eigenvalue weighted by Crippen LogP contribution is -2.41. The van der Waals surface area contributed by atoms with Crippen LogP contribution < -0.4 is 10.9 Å². The summed E-state index contributed by atoms with van der Waals surface area (Å²) in [7, 11) is -3.61. The predicted molar refractivity (Wildman–Crippen MR) is 114 cm³/mol. The van der Waals surface area contributed by atoms with Gasteiger partial charge in [-0.05, 0) is 55.5 Å². The van der Waals surface area contributed by atoms with Crippen LogP contribution in [0, 0.1) is 5.92 Å². The van der Waals surface area contributed by atoms with Crippen molar-refractivity contribution >= 4 is 21.8 Å². The predicted octanol–water partition coefficient (Wildman–Crippen LogP) is 2.58. The van der Waals surface area contributed by atoms with E-state index < -0.39 is 15.9 Å². The number of hydrogen-bond donors (Lipinski definition) is 2. The lowest BCUT2D eigenvalue weighted by Gasteiger charge is -2.16. The van der Waals surface area contributed by atoms with Gasteiger partial charge in [-0.2, -0.15) is 4.31 Å². The molecule has 1 aromatic carbocycles. The maximum absolute atomic E-state index is 12.7. The van der Waals surface area contributed by atoms with E-state index in [0.717, 1.165) is 30.8 Å². The molecule has 2 amide bonds. The topological polar surface area (TPSA) is 109 Å². The standard InChI is InChI=1S/C22H27N3O5S/c1-15-13-19(15)20-9-7-17(30-20)8-10-21(26)23-24-22(27)16-5-4-6-18(14-16)31(28,29)25-11-2-3-12-25/h4-7,9,14-15,19H,2-3,8,10-13H2,1H3,(H,23,26)(H,24,27). The van der Waals surface area contributed by atoms with Gasteiger partial charge in [-0.1, -0.05) is 13.0 Å². The molecule has 1 aromatic heterocycles. The number of aryl methyl sites for hydroxylation is 1. The number of nitrogens with zero attached hydrogens (tertiary/aromatic N) is 1. The third-order valence-electron chi connectivity index (χ3n) is 5.87. The Morgan fingerprint density at radius 2 is 1.87 bits per heavy atom. The van der Waals surface area contributed by atoms with Crippen LogP contribution in [0.4, 0.5) is 0 Å². The van der Waals surface area contributed by atoms with Gasteiger partial charge in [0, 0.05) is 37.4 Å². The fourth-order valence-corrected chi connectivity index (χ4v) is 5.38. The normalized spacial score (nSPS) is 21.1. The van der Waals surface area contributed by atoms with Gasteiger partial charge in [0.25, 0.3) is 5.91 Å². The lowest BCUT2D eigenvalue weighted by molar-refractivity contribution is -0.121. The first-order chi connectivity index (χ1) is 14.8. The van der Waals surface area contributed by atoms with Gasteiger partial charge in [-0.15, -0.1) is 0 Å². The summed E-state index contributed by atoms with van der Waals surface area (Å²) < 4.78 is 32.6. The first-order valence-electron chi connectivity index (χ1n) is 10.6. The number of rotatable bonds is 7. The van der Waals surface area contributed by atoms with Crippen molar-refractivity contribution < 1.29 is 22.4 Å². The van der Waals surface area contributed by atoms with E-state index in [1.807, 2.05) is 12.1 Å². The van der Waals surface area contributed by atoms with Crippen molar-refractivity contribution in [3.8, 4) is 0 Å². The average Bonchev–Trinajstić information content (AvgIpc) is 3.19. The quantitative estimate of drug-likeness (QED) is 0.637. The number of nitrogens with one attached hydrogen (secondary N) is 2. The Bertz CT molecular complexity index is 1070. The van der Waals surface area contributed by atoms with Crippen LogP contribution in [0.2, 0.25) is 0 Å². The van der Waals surface area contributed by atoms with E-state index in [2.05, 4.69) is 17.8 Å². The molecule has 2 atom stereocenters. The molecule has 2 fully saturated rings. The zero-order chi connectivity index (χ0) is 22.0. The van der Waals surface area contributed by atoms with Crippen LogP contribution in [-0.2, 0) is 21.2 Å². The summed E-state index contributed by atoms with van der Waals surface area (Å²) in [5.41, 5.74) is 4.88. The van der Waals surface area contributed by atoms with Crippen molar-refractivity contribution in [3.63, 3.8) is 0 Å². The zero-order valence-corrected chi connectivity index (χ0v) is 18.3. The molecule has 2 aliphatic rings. The summed E-state index contributed by atoms with van der Waals surface area (Å²) in [6.45, 7) is 3.16. The lowest BCUT2D eigenvalue weighted by atomic mass is 10.2. The van der Waals surface area contributed by atoms with Crippen LogP contribution in [0.1, 0.15) is 60.4 Å². The molecule has 1 saturated heterocycles. The Morgan fingerprint density at radius 1 is 1.13 bits per heavy atom. The van der Waals surface area contributed by atoms with Crippen molar-refractivity contribution in [2.24, 2.45) is 5.92 Å².